The first kappa shape index (κ1) is 20.6. The molecule has 7 nitrogen and oxygen atoms in total. The second kappa shape index (κ2) is 7.98. The summed E-state index contributed by atoms with van der Waals surface area (Å²) in [7, 11) is 0. The highest BCUT2D eigenvalue weighted by Crippen LogP contribution is 2.39. The van der Waals surface area contributed by atoms with Crippen LogP contribution in [0.4, 0.5) is 5.82 Å². The molecule has 1 unspecified atom stereocenters. The van der Waals surface area contributed by atoms with Crippen LogP contribution < -0.4 is 4.90 Å². The van der Waals surface area contributed by atoms with E-state index in [1.165, 1.54) is 0 Å². The Labute approximate surface area is 190 Å². The van der Waals surface area contributed by atoms with Crippen molar-refractivity contribution in [2.75, 3.05) is 18.0 Å². The minimum absolute atomic E-state index is 0.0743. The lowest BCUT2D eigenvalue weighted by atomic mass is 10.0. The van der Waals surface area contributed by atoms with Gasteiger partial charge in [-0.2, -0.15) is 0 Å². The summed E-state index contributed by atoms with van der Waals surface area (Å²) in [4.78, 5) is 50.2. The highest BCUT2D eigenvalue weighted by molar-refractivity contribution is 6.29. The predicted molar refractivity (Wildman–Crippen MR) is 121 cm³/mol. The van der Waals surface area contributed by atoms with Crippen molar-refractivity contribution >= 4 is 46.0 Å². The van der Waals surface area contributed by atoms with Crippen molar-refractivity contribution in [2.45, 2.75) is 32.2 Å². The maximum absolute atomic E-state index is 13.3. The number of pyridine rings is 2. The molecule has 1 saturated heterocycles. The third-order valence-electron chi connectivity index (χ3n) is 6.20. The number of ketones is 1. The number of aryl methyl sites for hydroxylation is 1. The van der Waals surface area contributed by atoms with Crippen molar-refractivity contribution in [2.24, 2.45) is 0 Å². The molecule has 5 rings (SSSR count). The smallest absolute Gasteiger partial charge is 0.260 e. The summed E-state index contributed by atoms with van der Waals surface area (Å²) in [5, 5.41) is 1.19. The number of halogens is 1. The fourth-order valence-electron chi connectivity index (χ4n) is 4.51. The van der Waals surface area contributed by atoms with Crippen LogP contribution in [0.2, 0.25) is 5.15 Å². The van der Waals surface area contributed by atoms with Crippen LogP contribution in [0.5, 0.6) is 0 Å². The van der Waals surface area contributed by atoms with E-state index in [1.54, 1.807) is 28.0 Å². The van der Waals surface area contributed by atoms with E-state index in [-0.39, 0.29) is 24.0 Å². The Morgan fingerprint density at radius 2 is 1.84 bits per heavy atom. The van der Waals surface area contributed by atoms with Crippen LogP contribution in [0.3, 0.4) is 0 Å². The average Bonchev–Trinajstić information content (AvgIpc) is 3.05. The molecule has 1 fully saturated rings. The summed E-state index contributed by atoms with van der Waals surface area (Å²) >= 11 is 6.13. The number of hydrogen-bond acceptors (Lipinski definition) is 5. The second-order valence-corrected chi connectivity index (χ2v) is 8.59. The van der Waals surface area contributed by atoms with Crippen LogP contribution in [0.25, 0.3) is 11.0 Å². The van der Waals surface area contributed by atoms with Crippen LogP contribution >= 0.6 is 11.6 Å². The monoisotopic (exact) mass is 448 g/mol. The molecule has 162 valence electrons. The van der Waals surface area contributed by atoms with E-state index in [4.69, 9.17) is 11.6 Å². The normalized spacial score (nSPS) is 18.4. The first-order valence-electron chi connectivity index (χ1n) is 10.6. The number of aromatic nitrogens is 2. The van der Waals surface area contributed by atoms with Gasteiger partial charge in [0.1, 0.15) is 16.8 Å². The van der Waals surface area contributed by atoms with Gasteiger partial charge >= 0.3 is 0 Å². The molecule has 2 aromatic heterocycles. The Hall–Kier alpha value is -3.32. The largest absolute Gasteiger partial charge is 0.342 e. The third kappa shape index (κ3) is 3.52. The summed E-state index contributed by atoms with van der Waals surface area (Å²) in [6.07, 6.45) is 0.889. The topological polar surface area (TPSA) is 83.5 Å². The van der Waals surface area contributed by atoms with Gasteiger partial charge in [0, 0.05) is 36.9 Å². The fourth-order valence-corrected chi connectivity index (χ4v) is 4.76. The van der Waals surface area contributed by atoms with Crippen LogP contribution in [-0.4, -0.2) is 45.6 Å². The summed E-state index contributed by atoms with van der Waals surface area (Å²) < 4.78 is 0. The van der Waals surface area contributed by atoms with E-state index in [9.17, 15) is 14.4 Å². The van der Waals surface area contributed by atoms with Crippen LogP contribution in [0.1, 0.15) is 46.8 Å². The van der Waals surface area contributed by atoms with Crippen molar-refractivity contribution in [1.82, 2.24) is 14.9 Å². The number of carbonyl (C=O) groups excluding carboxylic acids is 3. The van der Waals surface area contributed by atoms with E-state index < -0.39 is 6.04 Å². The van der Waals surface area contributed by atoms with Gasteiger partial charge in [-0.05, 0) is 42.3 Å². The van der Waals surface area contributed by atoms with E-state index >= 15 is 0 Å². The van der Waals surface area contributed by atoms with Gasteiger partial charge < -0.3 is 4.90 Å². The van der Waals surface area contributed by atoms with Gasteiger partial charge in [0.2, 0.25) is 5.91 Å². The number of nitrogens with zero attached hydrogens (tertiary/aromatic N) is 4. The lowest BCUT2D eigenvalue weighted by molar-refractivity contribution is -0.134. The van der Waals surface area contributed by atoms with Crippen molar-refractivity contribution < 1.29 is 14.4 Å². The number of amides is 2. The van der Waals surface area contributed by atoms with Crippen molar-refractivity contribution in [3.63, 3.8) is 0 Å². The molecule has 2 aliphatic rings. The number of benzene rings is 1. The van der Waals surface area contributed by atoms with Gasteiger partial charge in [-0.15, -0.1) is 0 Å². The Balaban J connectivity index is 1.53. The SMILES string of the molecule is Cc1cc(Cl)nc2nc(N3C(=O)c4ccccc4C3CC(=O)N3CCC(=O)CC3)ccc12. The number of piperidine rings is 1. The summed E-state index contributed by atoms with van der Waals surface area (Å²) in [6, 6.07) is 12.3. The van der Waals surface area contributed by atoms with E-state index in [0.717, 1.165) is 16.5 Å². The number of carbonyl (C=O) groups is 3. The zero-order valence-corrected chi connectivity index (χ0v) is 18.3. The quantitative estimate of drug-likeness (QED) is 0.568. The molecule has 0 saturated carbocycles. The minimum atomic E-state index is -0.478. The molecule has 0 aliphatic carbocycles. The molecule has 1 aromatic carbocycles. The van der Waals surface area contributed by atoms with E-state index in [0.29, 0.717) is 48.1 Å². The van der Waals surface area contributed by atoms with Crippen LogP contribution in [0, 0.1) is 6.92 Å². The van der Waals surface area contributed by atoms with Gasteiger partial charge in [-0.1, -0.05) is 29.8 Å². The number of anilines is 1. The van der Waals surface area contributed by atoms with Crippen molar-refractivity contribution in [3.05, 3.63) is 64.3 Å². The zero-order chi connectivity index (χ0) is 22.4. The van der Waals surface area contributed by atoms with E-state index in [2.05, 4.69) is 9.97 Å². The Morgan fingerprint density at radius 1 is 1.09 bits per heavy atom. The molecule has 0 spiro atoms. The molecule has 0 bridgehead atoms. The van der Waals surface area contributed by atoms with Crippen molar-refractivity contribution in [3.8, 4) is 0 Å². The molecular formula is C24H21ClN4O3. The van der Waals surface area contributed by atoms with Crippen molar-refractivity contribution in [1.29, 1.82) is 0 Å². The van der Waals surface area contributed by atoms with Crippen LogP contribution in [-0.2, 0) is 9.59 Å². The van der Waals surface area contributed by atoms with Gasteiger partial charge in [0.05, 0.1) is 12.5 Å². The number of likely N-dealkylation sites (tertiary alicyclic amines) is 1. The predicted octanol–water partition coefficient (Wildman–Crippen LogP) is 3.87. The number of Topliss-reactive ketones (excluding diaryl/α,β-unsaturated/α-hetero) is 1. The standard InChI is InChI=1S/C24H21ClN4O3/c1-14-12-20(25)26-23-16(14)6-7-21(27-23)29-19(17-4-2-3-5-18(17)24(29)32)13-22(31)28-10-8-15(30)9-11-28/h2-7,12,19H,8-11,13H2,1H3. The van der Waals surface area contributed by atoms with Gasteiger partial charge in [-0.3, -0.25) is 19.3 Å². The first-order chi connectivity index (χ1) is 15.4. The maximum Gasteiger partial charge on any atom is 0.260 e. The molecule has 2 amide bonds. The molecule has 4 heterocycles. The molecule has 8 heteroatoms. The fraction of sp³-hybridized carbons (Fsp3) is 0.292. The molecular weight excluding hydrogens is 428 g/mol. The van der Waals surface area contributed by atoms with Gasteiger partial charge in [0.25, 0.3) is 5.91 Å². The Morgan fingerprint density at radius 3 is 2.62 bits per heavy atom. The lowest BCUT2D eigenvalue weighted by Crippen LogP contribution is -2.40. The van der Waals surface area contributed by atoms with E-state index in [1.807, 2.05) is 31.2 Å². The zero-order valence-electron chi connectivity index (χ0n) is 17.5. The minimum Gasteiger partial charge on any atom is -0.342 e. The Kier molecular flexibility index (Phi) is 5.13. The van der Waals surface area contributed by atoms with Gasteiger partial charge in [-0.25, -0.2) is 9.97 Å². The molecule has 0 N–H and O–H groups in total. The Bertz CT molecular complexity index is 1270. The number of rotatable bonds is 3. The van der Waals surface area contributed by atoms with Crippen LogP contribution in [0.15, 0.2) is 42.5 Å². The average molecular weight is 449 g/mol. The highest BCUT2D eigenvalue weighted by Gasteiger charge is 2.40. The molecule has 32 heavy (non-hydrogen) atoms. The highest BCUT2D eigenvalue weighted by atomic mass is 35.5. The molecule has 1 atom stereocenters. The second-order valence-electron chi connectivity index (χ2n) is 8.20. The lowest BCUT2D eigenvalue weighted by Gasteiger charge is -2.30. The number of hydrogen-bond donors (Lipinski definition) is 0. The summed E-state index contributed by atoms with van der Waals surface area (Å²) in [5.41, 5.74) is 2.77. The third-order valence-corrected chi connectivity index (χ3v) is 6.40. The van der Waals surface area contributed by atoms with Gasteiger partial charge in [0.15, 0.2) is 5.65 Å². The molecule has 2 aliphatic heterocycles. The number of fused-ring (bicyclic) bond motifs is 2. The molecule has 0 radical (unpaired) electrons. The first-order valence-corrected chi connectivity index (χ1v) is 11.0. The summed E-state index contributed by atoms with van der Waals surface area (Å²) in [6.45, 7) is 2.78. The maximum atomic E-state index is 13.3. The molecule has 3 aromatic rings. The summed E-state index contributed by atoms with van der Waals surface area (Å²) in [5.74, 6) is 0.339.